The molecule has 2 aromatic carbocycles. The van der Waals surface area contributed by atoms with Crippen molar-refractivity contribution in [3.63, 3.8) is 0 Å². The summed E-state index contributed by atoms with van der Waals surface area (Å²) in [6, 6.07) is 14.2. The summed E-state index contributed by atoms with van der Waals surface area (Å²) in [7, 11) is 1.68. The van der Waals surface area contributed by atoms with Crippen molar-refractivity contribution in [2.45, 2.75) is 6.92 Å². The Morgan fingerprint density at radius 3 is 2.58 bits per heavy atom. The number of hydrogen-bond acceptors (Lipinski definition) is 3. The van der Waals surface area contributed by atoms with Gasteiger partial charge in [-0.3, -0.25) is 4.79 Å². The standard InChI is InChI=1S/C21H23BrN2O2/c1-16-6-7-17(20(22)14-16)8-9-21(25)24-12-10-23(11-13-24)18-4-3-5-19(15-18)26-2/h3-9,14-15H,10-13H2,1-2H3/b9-8+. The van der Waals surface area contributed by atoms with Crippen LogP contribution in [0, 0.1) is 6.92 Å². The average Bonchev–Trinajstić information content (AvgIpc) is 2.67. The Kier molecular flexibility index (Phi) is 5.99. The minimum absolute atomic E-state index is 0.0581. The van der Waals surface area contributed by atoms with E-state index in [0.29, 0.717) is 0 Å². The van der Waals surface area contributed by atoms with E-state index in [1.54, 1.807) is 13.2 Å². The molecule has 0 unspecified atom stereocenters. The van der Waals surface area contributed by atoms with E-state index < -0.39 is 0 Å². The number of nitrogens with zero attached hydrogens (tertiary/aromatic N) is 2. The highest BCUT2D eigenvalue weighted by molar-refractivity contribution is 9.10. The normalized spacial score (nSPS) is 14.7. The summed E-state index contributed by atoms with van der Waals surface area (Å²) < 4.78 is 6.30. The van der Waals surface area contributed by atoms with Crippen LogP contribution in [0.5, 0.6) is 5.75 Å². The Morgan fingerprint density at radius 1 is 1.12 bits per heavy atom. The first-order chi connectivity index (χ1) is 12.6. The van der Waals surface area contributed by atoms with Crippen LogP contribution in [0.1, 0.15) is 11.1 Å². The van der Waals surface area contributed by atoms with E-state index in [4.69, 9.17) is 4.74 Å². The van der Waals surface area contributed by atoms with Crippen LogP contribution >= 0.6 is 15.9 Å². The second-order valence-corrected chi connectivity index (χ2v) is 7.23. The highest BCUT2D eigenvalue weighted by Crippen LogP contribution is 2.23. The number of anilines is 1. The van der Waals surface area contributed by atoms with Gasteiger partial charge >= 0.3 is 0 Å². The molecule has 3 rings (SSSR count). The quantitative estimate of drug-likeness (QED) is 0.705. The molecule has 1 aliphatic heterocycles. The summed E-state index contributed by atoms with van der Waals surface area (Å²) in [5.41, 5.74) is 3.34. The minimum Gasteiger partial charge on any atom is -0.497 e. The first-order valence-corrected chi connectivity index (χ1v) is 9.48. The number of piperazine rings is 1. The molecule has 0 N–H and O–H groups in total. The van der Waals surface area contributed by atoms with E-state index in [1.165, 1.54) is 5.56 Å². The summed E-state index contributed by atoms with van der Waals surface area (Å²) >= 11 is 3.55. The van der Waals surface area contributed by atoms with Gasteiger partial charge in [-0.1, -0.05) is 34.1 Å². The van der Waals surface area contributed by atoms with E-state index in [9.17, 15) is 4.79 Å². The molecule has 0 aromatic heterocycles. The fourth-order valence-corrected chi connectivity index (χ4v) is 3.65. The van der Waals surface area contributed by atoms with Crippen molar-refractivity contribution >= 4 is 33.6 Å². The van der Waals surface area contributed by atoms with Crippen LogP contribution in [0.2, 0.25) is 0 Å². The zero-order chi connectivity index (χ0) is 18.5. The highest BCUT2D eigenvalue weighted by Gasteiger charge is 2.20. The largest absolute Gasteiger partial charge is 0.497 e. The molecule has 2 aromatic rings. The lowest BCUT2D eigenvalue weighted by Crippen LogP contribution is -2.48. The Morgan fingerprint density at radius 2 is 1.88 bits per heavy atom. The average molecular weight is 415 g/mol. The van der Waals surface area contributed by atoms with Crippen LogP contribution in [-0.4, -0.2) is 44.1 Å². The number of aryl methyl sites for hydroxylation is 1. The third-order valence-electron chi connectivity index (χ3n) is 4.57. The van der Waals surface area contributed by atoms with Gasteiger partial charge < -0.3 is 14.5 Å². The minimum atomic E-state index is 0.0581. The molecule has 0 saturated carbocycles. The van der Waals surface area contributed by atoms with Gasteiger partial charge in [0, 0.05) is 48.5 Å². The van der Waals surface area contributed by atoms with Crippen LogP contribution in [0.25, 0.3) is 6.08 Å². The summed E-state index contributed by atoms with van der Waals surface area (Å²) in [6.07, 6.45) is 3.54. The molecule has 4 nitrogen and oxygen atoms in total. The van der Waals surface area contributed by atoms with Crippen molar-refractivity contribution in [2.75, 3.05) is 38.2 Å². The van der Waals surface area contributed by atoms with Gasteiger partial charge in [-0.15, -0.1) is 0 Å². The summed E-state index contributed by atoms with van der Waals surface area (Å²) in [5.74, 6) is 0.912. The number of hydrogen-bond donors (Lipinski definition) is 0. The van der Waals surface area contributed by atoms with Gasteiger partial charge in [-0.25, -0.2) is 0 Å². The molecule has 1 amide bonds. The van der Waals surface area contributed by atoms with Gasteiger partial charge in [-0.2, -0.15) is 0 Å². The number of amides is 1. The van der Waals surface area contributed by atoms with E-state index in [2.05, 4.69) is 33.0 Å². The summed E-state index contributed by atoms with van der Waals surface area (Å²) in [4.78, 5) is 16.7. The fourth-order valence-electron chi connectivity index (χ4n) is 3.03. The van der Waals surface area contributed by atoms with Crippen molar-refractivity contribution in [1.29, 1.82) is 0 Å². The Bertz CT molecular complexity index is 811. The molecule has 26 heavy (non-hydrogen) atoms. The van der Waals surface area contributed by atoms with Crippen LogP contribution in [0.15, 0.2) is 53.0 Å². The van der Waals surface area contributed by atoms with Gasteiger partial charge in [0.25, 0.3) is 0 Å². The van der Waals surface area contributed by atoms with E-state index >= 15 is 0 Å². The zero-order valence-electron chi connectivity index (χ0n) is 15.1. The van der Waals surface area contributed by atoms with Gasteiger partial charge in [-0.05, 0) is 42.3 Å². The maximum atomic E-state index is 12.5. The topological polar surface area (TPSA) is 32.8 Å². The first kappa shape index (κ1) is 18.5. The molecule has 0 atom stereocenters. The van der Waals surface area contributed by atoms with Crippen molar-refractivity contribution in [3.8, 4) is 5.75 Å². The monoisotopic (exact) mass is 414 g/mol. The van der Waals surface area contributed by atoms with Crippen molar-refractivity contribution in [1.82, 2.24) is 4.90 Å². The molecule has 0 bridgehead atoms. The third-order valence-corrected chi connectivity index (χ3v) is 5.26. The second kappa shape index (κ2) is 8.41. The van der Waals surface area contributed by atoms with Crippen LogP contribution in [0.3, 0.4) is 0 Å². The van der Waals surface area contributed by atoms with Gasteiger partial charge in [0.15, 0.2) is 0 Å². The van der Waals surface area contributed by atoms with Gasteiger partial charge in [0.1, 0.15) is 5.75 Å². The lowest BCUT2D eigenvalue weighted by molar-refractivity contribution is -0.126. The van der Waals surface area contributed by atoms with Crippen molar-refractivity contribution < 1.29 is 9.53 Å². The number of ether oxygens (including phenoxy) is 1. The Balaban J connectivity index is 1.58. The Hall–Kier alpha value is -2.27. The fraction of sp³-hybridized carbons (Fsp3) is 0.286. The summed E-state index contributed by atoms with van der Waals surface area (Å²) in [5, 5.41) is 0. The second-order valence-electron chi connectivity index (χ2n) is 6.37. The highest BCUT2D eigenvalue weighted by atomic mass is 79.9. The molecule has 1 saturated heterocycles. The molecule has 136 valence electrons. The number of methoxy groups -OCH3 is 1. The van der Waals surface area contributed by atoms with Crippen molar-refractivity contribution in [3.05, 3.63) is 64.1 Å². The maximum absolute atomic E-state index is 12.5. The Labute approximate surface area is 163 Å². The molecular weight excluding hydrogens is 392 g/mol. The molecule has 1 aliphatic rings. The van der Waals surface area contributed by atoms with Gasteiger partial charge in [0.05, 0.1) is 7.11 Å². The molecule has 0 spiro atoms. The third kappa shape index (κ3) is 4.47. The number of rotatable bonds is 4. The molecule has 1 fully saturated rings. The zero-order valence-corrected chi connectivity index (χ0v) is 16.7. The van der Waals surface area contributed by atoms with Gasteiger partial charge in [0.2, 0.25) is 5.91 Å². The van der Waals surface area contributed by atoms with E-state index in [1.807, 2.05) is 48.2 Å². The van der Waals surface area contributed by atoms with Crippen molar-refractivity contribution in [2.24, 2.45) is 0 Å². The molecule has 0 radical (unpaired) electrons. The molecule has 1 heterocycles. The van der Waals surface area contributed by atoms with Crippen LogP contribution in [-0.2, 0) is 4.79 Å². The molecule has 5 heteroatoms. The summed E-state index contributed by atoms with van der Waals surface area (Å²) in [6.45, 7) is 5.12. The number of carbonyl (C=O) groups is 1. The lowest BCUT2D eigenvalue weighted by atomic mass is 10.1. The number of benzene rings is 2. The number of halogens is 1. The number of carbonyl (C=O) groups excluding carboxylic acids is 1. The van der Waals surface area contributed by atoms with E-state index in [-0.39, 0.29) is 5.91 Å². The first-order valence-electron chi connectivity index (χ1n) is 8.69. The smallest absolute Gasteiger partial charge is 0.246 e. The molecular formula is C21H23BrN2O2. The van der Waals surface area contributed by atoms with Crippen LogP contribution < -0.4 is 9.64 Å². The SMILES string of the molecule is COc1cccc(N2CCN(C(=O)/C=C/c3ccc(C)cc3Br)CC2)c1. The van der Waals surface area contributed by atoms with Crippen LogP contribution in [0.4, 0.5) is 5.69 Å². The van der Waals surface area contributed by atoms with E-state index in [0.717, 1.165) is 47.7 Å². The maximum Gasteiger partial charge on any atom is 0.246 e. The molecule has 0 aliphatic carbocycles. The predicted octanol–water partition coefficient (Wildman–Crippen LogP) is 4.13. The predicted molar refractivity (Wildman–Crippen MR) is 110 cm³/mol. The lowest BCUT2D eigenvalue weighted by Gasteiger charge is -2.35.